The highest BCUT2D eigenvalue weighted by atomic mass is 16.1. The molecule has 0 atom stereocenters. The molecule has 0 aromatic heterocycles. The average Bonchev–Trinajstić information content (AvgIpc) is 2.08. The van der Waals surface area contributed by atoms with Gasteiger partial charge >= 0.3 is 0 Å². The van der Waals surface area contributed by atoms with Gasteiger partial charge in [0.05, 0.1) is 6.19 Å². The van der Waals surface area contributed by atoms with Gasteiger partial charge in [-0.1, -0.05) is 13.8 Å². The molecule has 3 heteroatoms. The van der Waals surface area contributed by atoms with Crippen LogP contribution in [-0.4, -0.2) is 31.5 Å². The molecule has 1 aliphatic heterocycles. The minimum absolute atomic E-state index is 0.687. The molecule has 1 saturated heterocycles. The van der Waals surface area contributed by atoms with Crippen molar-refractivity contribution in [2.75, 3.05) is 13.1 Å². The lowest BCUT2D eigenvalue weighted by Gasteiger charge is -2.31. The van der Waals surface area contributed by atoms with Gasteiger partial charge in [-0.25, -0.2) is 0 Å². The molecule has 0 unspecified atom stereocenters. The second-order valence-corrected chi connectivity index (χ2v) is 4.10. The number of carbonyl (C=O) groups is 1. The van der Waals surface area contributed by atoms with Crippen molar-refractivity contribution in [1.82, 2.24) is 4.81 Å². The highest BCUT2D eigenvalue weighted by Gasteiger charge is 2.19. The third kappa shape index (κ3) is 3.94. The van der Waals surface area contributed by atoms with Crippen LogP contribution in [0.2, 0.25) is 0 Å². The molecule has 1 rings (SSSR count). The van der Waals surface area contributed by atoms with E-state index in [0.717, 1.165) is 25.2 Å². The third-order valence-corrected chi connectivity index (χ3v) is 2.50. The Balaban J connectivity index is 2.18. The van der Waals surface area contributed by atoms with Gasteiger partial charge < -0.3 is 9.61 Å². The van der Waals surface area contributed by atoms with Gasteiger partial charge in [-0.05, 0) is 44.2 Å². The van der Waals surface area contributed by atoms with Gasteiger partial charge in [0.1, 0.15) is 0 Å². The van der Waals surface area contributed by atoms with Crippen LogP contribution in [0.4, 0.5) is 0 Å². The molecule has 0 aromatic carbocycles. The van der Waals surface area contributed by atoms with E-state index in [2.05, 4.69) is 25.1 Å². The number of piperidine rings is 1. The van der Waals surface area contributed by atoms with Crippen LogP contribution in [0.25, 0.3) is 0 Å². The van der Waals surface area contributed by atoms with Crippen LogP contribution < -0.4 is 0 Å². The molecule has 0 aliphatic carbocycles. The zero-order chi connectivity index (χ0) is 9.68. The predicted molar refractivity (Wildman–Crippen MR) is 55.9 cm³/mol. The van der Waals surface area contributed by atoms with E-state index in [4.69, 9.17) is 0 Å². The lowest BCUT2D eigenvalue weighted by Crippen LogP contribution is -2.37. The van der Waals surface area contributed by atoms with Crippen molar-refractivity contribution in [3.63, 3.8) is 0 Å². The molecule has 1 aliphatic rings. The molecule has 0 spiro atoms. The van der Waals surface area contributed by atoms with Gasteiger partial charge in [0.25, 0.3) is 7.41 Å². The molecule has 2 nitrogen and oxygen atoms in total. The van der Waals surface area contributed by atoms with Gasteiger partial charge in [-0.2, -0.15) is 0 Å². The lowest BCUT2D eigenvalue weighted by molar-refractivity contribution is 0.293. The molecule has 0 amide bonds. The standard InChI is InChI=1S/C10H18BNO/c1-9(2)7-10-3-5-12(6-4-10)11-8-13/h7-10H,3-6H2,1-2H3. The Bertz CT molecular complexity index is 153. The van der Waals surface area contributed by atoms with Crippen molar-refractivity contribution in [1.29, 1.82) is 0 Å². The van der Waals surface area contributed by atoms with Gasteiger partial charge in [0, 0.05) is 0 Å². The van der Waals surface area contributed by atoms with E-state index in [1.54, 1.807) is 7.41 Å². The molecule has 1 fully saturated rings. The number of hydrogen-bond donors (Lipinski definition) is 0. The maximum Gasteiger partial charge on any atom is 0.293 e. The van der Waals surface area contributed by atoms with E-state index in [0.29, 0.717) is 5.92 Å². The maximum atomic E-state index is 10.2. The van der Waals surface area contributed by atoms with E-state index in [9.17, 15) is 4.79 Å². The zero-order valence-electron chi connectivity index (χ0n) is 8.57. The minimum Gasteiger partial charge on any atom is -0.340 e. The Morgan fingerprint density at radius 2 is 2.00 bits per heavy atom. The molecule has 0 saturated carbocycles. The van der Waals surface area contributed by atoms with Crippen LogP contribution in [-0.2, 0) is 4.79 Å². The smallest absolute Gasteiger partial charge is 0.293 e. The Labute approximate surface area is 81.9 Å². The van der Waals surface area contributed by atoms with Crippen molar-refractivity contribution in [3.05, 3.63) is 6.42 Å². The Hall–Kier alpha value is -0.305. The van der Waals surface area contributed by atoms with Gasteiger partial charge in [0.2, 0.25) is 0 Å². The van der Waals surface area contributed by atoms with Crippen LogP contribution in [0, 0.1) is 18.3 Å². The third-order valence-electron chi connectivity index (χ3n) is 2.50. The first-order valence-electron chi connectivity index (χ1n) is 5.10. The largest absolute Gasteiger partial charge is 0.340 e. The van der Waals surface area contributed by atoms with E-state index in [1.165, 1.54) is 12.8 Å². The second kappa shape index (κ2) is 5.43. The highest BCUT2D eigenvalue weighted by molar-refractivity contribution is 6.64. The molecule has 72 valence electrons. The van der Waals surface area contributed by atoms with E-state index < -0.39 is 0 Å². The summed E-state index contributed by atoms with van der Waals surface area (Å²) in [5.41, 5.74) is 0. The van der Waals surface area contributed by atoms with Gasteiger partial charge in [-0.15, -0.1) is 0 Å². The molecule has 2 radical (unpaired) electrons. The number of nitrogens with zero attached hydrogens (tertiary/aromatic N) is 1. The van der Waals surface area contributed by atoms with Crippen LogP contribution in [0.5, 0.6) is 0 Å². The average molecular weight is 179 g/mol. The first-order valence-corrected chi connectivity index (χ1v) is 5.10. The van der Waals surface area contributed by atoms with Crippen LogP contribution >= 0.6 is 0 Å². The first-order chi connectivity index (χ1) is 6.22. The highest BCUT2D eigenvalue weighted by Crippen LogP contribution is 2.22. The summed E-state index contributed by atoms with van der Waals surface area (Å²) in [7, 11) is 1.66. The molecular formula is C10H18BNO. The van der Waals surface area contributed by atoms with Crippen LogP contribution in [0.15, 0.2) is 0 Å². The Kier molecular flexibility index (Phi) is 4.50. The van der Waals surface area contributed by atoms with Crippen LogP contribution in [0.1, 0.15) is 26.7 Å². The van der Waals surface area contributed by atoms with Crippen molar-refractivity contribution >= 4 is 13.6 Å². The maximum absolute atomic E-state index is 10.2. The molecule has 0 aromatic rings. The summed E-state index contributed by atoms with van der Waals surface area (Å²) < 4.78 is 0. The molecule has 1 heterocycles. The van der Waals surface area contributed by atoms with Crippen molar-refractivity contribution < 1.29 is 4.79 Å². The summed E-state index contributed by atoms with van der Waals surface area (Å²) in [5.74, 6) is 1.45. The summed E-state index contributed by atoms with van der Waals surface area (Å²) in [4.78, 5) is 12.3. The number of rotatable bonds is 4. The quantitative estimate of drug-likeness (QED) is 0.479. The summed E-state index contributed by atoms with van der Waals surface area (Å²) in [6.45, 7) is 6.52. The molecule has 13 heavy (non-hydrogen) atoms. The monoisotopic (exact) mass is 179 g/mol. The topological polar surface area (TPSA) is 20.3 Å². The Morgan fingerprint density at radius 1 is 1.38 bits per heavy atom. The molecular weight excluding hydrogens is 161 g/mol. The summed E-state index contributed by atoms with van der Waals surface area (Å²) in [5, 5.41) is 0. The molecule has 0 N–H and O–H groups in total. The van der Waals surface area contributed by atoms with Crippen molar-refractivity contribution in [2.24, 2.45) is 11.8 Å². The van der Waals surface area contributed by atoms with Gasteiger partial charge in [-0.3, -0.25) is 0 Å². The predicted octanol–water partition coefficient (Wildman–Crippen LogP) is 1.37. The van der Waals surface area contributed by atoms with Gasteiger partial charge in [0.15, 0.2) is 0 Å². The zero-order valence-corrected chi connectivity index (χ0v) is 8.57. The second-order valence-electron chi connectivity index (χ2n) is 4.10. The van der Waals surface area contributed by atoms with E-state index in [-0.39, 0.29) is 0 Å². The fourth-order valence-corrected chi connectivity index (χ4v) is 1.89. The fraction of sp³-hybridized carbons (Fsp3) is 0.800. The normalized spacial score (nSPS) is 20.5. The number of carbonyl (C=O) groups excluding carboxylic acids is 1. The van der Waals surface area contributed by atoms with Crippen LogP contribution in [0.3, 0.4) is 0 Å². The fourth-order valence-electron chi connectivity index (χ4n) is 1.89. The summed E-state index contributed by atoms with van der Waals surface area (Å²) in [6.07, 6.45) is 5.70. The Morgan fingerprint density at radius 3 is 2.46 bits per heavy atom. The SMILES string of the molecule is CC(C)[CH]C1CCN([B]C=O)CC1. The van der Waals surface area contributed by atoms with E-state index >= 15 is 0 Å². The van der Waals surface area contributed by atoms with Crippen molar-refractivity contribution in [3.8, 4) is 0 Å². The minimum atomic E-state index is 0.687. The summed E-state index contributed by atoms with van der Waals surface area (Å²) in [6, 6.07) is 0. The summed E-state index contributed by atoms with van der Waals surface area (Å²) >= 11 is 0. The number of hydrogen-bond acceptors (Lipinski definition) is 2. The first kappa shape index (κ1) is 10.8. The van der Waals surface area contributed by atoms with E-state index in [1.807, 2.05) is 0 Å². The van der Waals surface area contributed by atoms with Crippen molar-refractivity contribution in [2.45, 2.75) is 26.7 Å². The lowest BCUT2D eigenvalue weighted by atomic mass is 9.84. The molecule has 0 bridgehead atoms.